The molecule has 1 aliphatic heterocycles. The Kier molecular flexibility index (Phi) is 4.36. The third kappa shape index (κ3) is 3.05. The molecule has 8 nitrogen and oxygen atoms in total. The number of hydrogen-bond acceptors (Lipinski definition) is 5. The Morgan fingerprint density at radius 2 is 2.12 bits per heavy atom. The molecule has 3 N–H and O–H groups in total. The molecule has 0 unspecified atom stereocenters. The molecule has 0 aromatic carbocycles. The van der Waals surface area contributed by atoms with E-state index >= 15 is 0 Å². The van der Waals surface area contributed by atoms with Crippen LogP contribution in [0, 0.1) is 5.92 Å². The second-order valence-corrected chi connectivity index (χ2v) is 7.21. The van der Waals surface area contributed by atoms with Gasteiger partial charge in [0.05, 0.1) is 10.9 Å². The number of H-pyrrole nitrogens is 1. The topological polar surface area (TPSA) is 109 Å². The number of carbonyl (C=O) groups excluding carboxylic acids is 1. The van der Waals surface area contributed by atoms with Gasteiger partial charge in [0, 0.05) is 43.7 Å². The fourth-order valence-corrected chi connectivity index (χ4v) is 3.32. The van der Waals surface area contributed by atoms with Gasteiger partial charge in [-0.05, 0) is 25.3 Å². The van der Waals surface area contributed by atoms with Crippen LogP contribution in [0.3, 0.4) is 0 Å². The molecule has 8 heteroatoms. The van der Waals surface area contributed by atoms with Crippen molar-refractivity contribution in [3.8, 4) is 0 Å². The smallest absolute Gasteiger partial charge is 0.329 e. The molecule has 0 atom stereocenters. The third-order valence-electron chi connectivity index (χ3n) is 5.07. The molecule has 1 saturated carbocycles. The summed E-state index contributed by atoms with van der Waals surface area (Å²) in [5, 5.41) is 6.30. The molecule has 1 amide bonds. The van der Waals surface area contributed by atoms with E-state index in [1.54, 1.807) is 6.07 Å². The van der Waals surface area contributed by atoms with Gasteiger partial charge < -0.3 is 10.6 Å². The summed E-state index contributed by atoms with van der Waals surface area (Å²) in [4.78, 5) is 44.5. The van der Waals surface area contributed by atoms with E-state index in [1.165, 1.54) is 4.57 Å². The highest BCUT2D eigenvalue weighted by Crippen LogP contribution is 2.39. The maximum Gasteiger partial charge on any atom is 0.329 e. The van der Waals surface area contributed by atoms with Crippen molar-refractivity contribution >= 4 is 16.9 Å². The lowest BCUT2D eigenvalue weighted by Gasteiger charge is -2.27. The van der Waals surface area contributed by atoms with Crippen LogP contribution in [0.4, 0.5) is 0 Å². The van der Waals surface area contributed by atoms with Gasteiger partial charge in [0.1, 0.15) is 0 Å². The van der Waals surface area contributed by atoms with Crippen LogP contribution in [-0.2, 0) is 6.54 Å². The number of hydrogen-bond donors (Lipinski definition) is 3. The maximum absolute atomic E-state index is 12.8. The number of fused-ring (bicyclic) bond motifs is 1. The van der Waals surface area contributed by atoms with Crippen LogP contribution < -0.4 is 21.9 Å². The summed E-state index contributed by atoms with van der Waals surface area (Å²) in [6.45, 7) is 4.75. The lowest BCUT2D eigenvalue weighted by Crippen LogP contribution is -2.48. The number of pyridine rings is 1. The molecule has 1 saturated heterocycles. The van der Waals surface area contributed by atoms with E-state index in [1.807, 2.05) is 6.92 Å². The zero-order valence-corrected chi connectivity index (χ0v) is 14.8. The van der Waals surface area contributed by atoms with Crippen LogP contribution in [0.2, 0.25) is 0 Å². The molecule has 26 heavy (non-hydrogen) atoms. The lowest BCUT2D eigenvalue weighted by molar-refractivity contribution is 0.0943. The highest BCUT2D eigenvalue weighted by atomic mass is 16.2. The number of amides is 1. The first kappa shape index (κ1) is 17.0. The predicted octanol–water partition coefficient (Wildman–Crippen LogP) is 0.321. The van der Waals surface area contributed by atoms with Gasteiger partial charge in [0.2, 0.25) is 0 Å². The van der Waals surface area contributed by atoms with Crippen molar-refractivity contribution in [1.82, 2.24) is 25.2 Å². The second kappa shape index (κ2) is 6.68. The van der Waals surface area contributed by atoms with Crippen LogP contribution in [0.25, 0.3) is 11.0 Å². The minimum absolute atomic E-state index is 0.201. The average Bonchev–Trinajstić information content (AvgIpc) is 3.41. The van der Waals surface area contributed by atoms with E-state index in [0.717, 1.165) is 38.0 Å². The van der Waals surface area contributed by atoms with E-state index < -0.39 is 11.2 Å². The minimum atomic E-state index is -0.553. The molecule has 138 valence electrons. The first-order valence-corrected chi connectivity index (χ1v) is 9.25. The summed E-state index contributed by atoms with van der Waals surface area (Å²) in [6.07, 6.45) is 2.77. The number of aromatic amines is 1. The molecule has 0 spiro atoms. The number of carbonyl (C=O) groups is 1. The number of rotatable bonds is 6. The minimum Gasteiger partial charge on any atom is -0.352 e. The zero-order chi connectivity index (χ0) is 18.3. The highest BCUT2D eigenvalue weighted by molar-refractivity contribution is 6.05. The number of aromatic nitrogens is 3. The third-order valence-corrected chi connectivity index (χ3v) is 5.07. The monoisotopic (exact) mass is 357 g/mol. The molecule has 4 rings (SSSR count). The largest absolute Gasteiger partial charge is 0.352 e. The van der Waals surface area contributed by atoms with E-state index in [2.05, 4.69) is 20.6 Å². The van der Waals surface area contributed by atoms with Gasteiger partial charge >= 0.3 is 5.69 Å². The summed E-state index contributed by atoms with van der Waals surface area (Å²) >= 11 is 0. The lowest BCUT2D eigenvalue weighted by atomic mass is 10.0. The van der Waals surface area contributed by atoms with Crippen molar-refractivity contribution < 1.29 is 4.79 Å². The quantitative estimate of drug-likeness (QED) is 0.690. The Morgan fingerprint density at radius 1 is 1.35 bits per heavy atom. The van der Waals surface area contributed by atoms with E-state index in [-0.39, 0.29) is 11.3 Å². The number of nitrogens with zero attached hydrogens (tertiary/aromatic N) is 2. The van der Waals surface area contributed by atoms with Crippen LogP contribution in [0.15, 0.2) is 15.7 Å². The highest BCUT2D eigenvalue weighted by Gasteiger charge is 2.29. The van der Waals surface area contributed by atoms with Crippen molar-refractivity contribution in [2.75, 3.05) is 19.6 Å². The first-order chi connectivity index (χ1) is 12.6. The Bertz CT molecular complexity index is 969. The predicted molar refractivity (Wildman–Crippen MR) is 97.6 cm³/mol. The summed E-state index contributed by atoms with van der Waals surface area (Å²) < 4.78 is 1.47. The van der Waals surface area contributed by atoms with Gasteiger partial charge in [-0.15, -0.1) is 0 Å². The van der Waals surface area contributed by atoms with Crippen LogP contribution in [0.1, 0.15) is 48.2 Å². The van der Waals surface area contributed by atoms with Crippen LogP contribution in [-0.4, -0.2) is 40.1 Å². The molecule has 1 aliphatic carbocycles. The Labute approximate surface area is 150 Å². The number of nitrogens with one attached hydrogen (secondary N) is 3. The molecule has 2 fully saturated rings. The van der Waals surface area contributed by atoms with Gasteiger partial charge in [-0.25, -0.2) is 9.78 Å². The van der Waals surface area contributed by atoms with Crippen molar-refractivity contribution in [3.63, 3.8) is 0 Å². The van der Waals surface area contributed by atoms with Gasteiger partial charge in [-0.2, -0.15) is 0 Å². The van der Waals surface area contributed by atoms with E-state index in [9.17, 15) is 14.4 Å². The first-order valence-electron chi connectivity index (χ1n) is 9.25. The molecular weight excluding hydrogens is 334 g/mol. The molecule has 0 bridgehead atoms. The summed E-state index contributed by atoms with van der Waals surface area (Å²) in [7, 11) is 0. The fourth-order valence-electron chi connectivity index (χ4n) is 3.32. The molecule has 2 aromatic rings. The van der Waals surface area contributed by atoms with Gasteiger partial charge in [-0.1, -0.05) is 6.92 Å². The normalized spacial score (nSPS) is 17.3. The van der Waals surface area contributed by atoms with Crippen molar-refractivity contribution in [3.05, 3.63) is 38.2 Å². The van der Waals surface area contributed by atoms with E-state index in [0.29, 0.717) is 36.1 Å². The van der Waals surface area contributed by atoms with Crippen LogP contribution >= 0.6 is 0 Å². The van der Waals surface area contributed by atoms with Crippen molar-refractivity contribution in [1.29, 1.82) is 0 Å². The standard InChI is InChI=1S/C18H23N5O3/c1-2-5-23-15-14(17(25)22-18(23)26)12(6-13(21-15)11-3-4-11)16(24)20-9-10-7-19-8-10/h6,10-11,19H,2-5,7-9H2,1H3,(H,20,24)(H,22,25,26). The van der Waals surface area contributed by atoms with Gasteiger partial charge in [0.25, 0.3) is 11.5 Å². The SMILES string of the molecule is CCCn1c(=O)[nH]c(=O)c2c(C(=O)NCC3CNC3)cc(C3CC3)nc21. The number of aryl methyl sites for hydroxylation is 1. The van der Waals surface area contributed by atoms with Crippen LogP contribution in [0.5, 0.6) is 0 Å². The van der Waals surface area contributed by atoms with E-state index in [4.69, 9.17) is 0 Å². The fraction of sp³-hybridized carbons (Fsp3) is 0.556. The molecule has 0 radical (unpaired) electrons. The Balaban J connectivity index is 1.84. The van der Waals surface area contributed by atoms with Gasteiger partial charge in [-0.3, -0.25) is 19.1 Å². The molecule has 2 aliphatic rings. The zero-order valence-electron chi connectivity index (χ0n) is 14.8. The molecular formula is C18H23N5O3. The summed E-state index contributed by atoms with van der Waals surface area (Å²) in [6, 6.07) is 1.73. The average molecular weight is 357 g/mol. The summed E-state index contributed by atoms with van der Waals surface area (Å²) in [5.74, 6) is 0.455. The van der Waals surface area contributed by atoms with Crippen molar-refractivity contribution in [2.45, 2.75) is 38.6 Å². The van der Waals surface area contributed by atoms with Crippen molar-refractivity contribution in [2.24, 2.45) is 5.92 Å². The Hall–Kier alpha value is -2.48. The summed E-state index contributed by atoms with van der Waals surface area (Å²) in [5.41, 5.74) is 0.401. The van der Waals surface area contributed by atoms with Gasteiger partial charge in [0.15, 0.2) is 5.65 Å². The second-order valence-electron chi connectivity index (χ2n) is 7.21. The maximum atomic E-state index is 12.8. The molecule has 3 heterocycles. The Morgan fingerprint density at radius 3 is 2.73 bits per heavy atom. The molecule has 2 aromatic heterocycles.